The van der Waals surface area contributed by atoms with Crippen molar-refractivity contribution in [1.29, 1.82) is 0 Å². The predicted molar refractivity (Wildman–Crippen MR) is 48.0 cm³/mol. The van der Waals surface area contributed by atoms with Crippen molar-refractivity contribution in [2.75, 3.05) is 13.7 Å². The van der Waals surface area contributed by atoms with Crippen molar-refractivity contribution in [3.8, 4) is 11.5 Å². The van der Waals surface area contributed by atoms with Crippen LogP contribution in [0.3, 0.4) is 0 Å². The Balaban J connectivity index is 3.13. The second-order valence-electron chi connectivity index (χ2n) is 2.51. The number of carbonyl (C=O) groups excluding carboxylic acids is 1. The SMILES string of the molecule is COc1cc(O)ccc1C(=O)CN. The molecule has 0 aliphatic carbocycles. The molecule has 13 heavy (non-hydrogen) atoms. The van der Waals surface area contributed by atoms with Crippen LogP contribution in [-0.2, 0) is 0 Å². The number of rotatable bonds is 3. The van der Waals surface area contributed by atoms with Gasteiger partial charge in [0.25, 0.3) is 0 Å². The van der Waals surface area contributed by atoms with Gasteiger partial charge in [-0.05, 0) is 12.1 Å². The summed E-state index contributed by atoms with van der Waals surface area (Å²) < 4.78 is 4.91. The van der Waals surface area contributed by atoms with Crippen LogP contribution in [-0.4, -0.2) is 24.5 Å². The van der Waals surface area contributed by atoms with Gasteiger partial charge in [0.15, 0.2) is 5.78 Å². The van der Waals surface area contributed by atoms with E-state index in [2.05, 4.69) is 0 Å². The maximum Gasteiger partial charge on any atom is 0.180 e. The Morgan fingerprint density at radius 1 is 1.62 bits per heavy atom. The Bertz CT molecular complexity index is 323. The summed E-state index contributed by atoms with van der Waals surface area (Å²) in [6.07, 6.45) is 0. The van der Waals surface area contributed by atoms with Crippen LogP contribution >= 0.6 is 0 Å². The molecule has 4 heteroatoms. The normalized spacial score (nSPS) is 9.69. The van der Waals surface area contributed by atoms with Crippen LogP contribution < -0.4 is 10.5 Å². The summed E-state index contributed by atoms with van der Waals surface area (Å²) in [6.45, 7) is -0.0683. The summed E-state index contributed by atoms with van der Waals surface area (Å²) in [7, 11) is 1.43. The standard InChI is InChI=1S/C9H11NO3/c1-13-9-4-6(11)2-3-7(9)8(12)5-10/h2-4,11H,5,10H2,1H3. The van der Waals surface area contributed by atoms with Gasteiger partial charge in [-0.1, -0.05) is 0 Å². The highest BCUT2D eigenvalue weighted by Crippen LogP contribution is 2.23. The summed E-state index contributed by atoms with van der Waals surface area (Å²) in [5.74, 6) is 0.192. The number of nitrogens with two attached hydrogens (primary N) is 1. The monoisotopic (exact) mass is 181 g/mol. The van der Waals surface area contributed by atoms with Crippen molar-refractivity contribution < 1.29 is 14.6 Å². The zero-order valence-electron chi connectivity index (χ0n) is 7.28. The van der Waals surface area contributed by atoms with Gasteiger partial charge in [-0.15, -0.1) is 0 Å². The first-order chi connectivity index (χ1) is 6.19. The number of phenols is 1. The van der Waals surface area contributed by atoms with E-state index in [1.165, 1.54) is 25.3 Å². The molecule has 0 aliphatic rings. The van der Waals surface area contributed by atoms with Crippen LogP contribution in [0.25, 0.3) is 0 Å². The minimum absolute atomic E-state index is 0.0606. The molecule has 0 heterocycles. The second-order valence-corrected chi connectivity index (χ2v) is 2.51. The molecular formula is C9H11NO3. The Hall–Kier alpha value is -1.55. The van der Waals surface area contributed by atoms with E-state index in [9.17, 15) is 4.79 Å². The molecular weight excluding hydrogens is 170 g/mol. The molecule has 0 fully saturated rings. The van der Waals surface area contributed by atoms with Crippen molar-refractivity contribution in [2.45, 2.75) is 0 Å². The average molecular weight is 181 g/mol. The van der Waals surface area contributed by atoms with Gasteiger partial charge >= 0.3 is 0 Å². The van der Waals surface area contributed by atoms with Crippen molar-refractivity contribution in [3.63, 3.8) is 0 Å². The van der Waals surface area contributed by atoms with Gasteiger partial charge < -0.3 is 15.6 Å². The third-order valence-corrected chi connectivity index (χ3v) is 1.67. The van der Waals surface area contributed by atoms with E-state index in [0.29, 0.717) is 11.3 Å². The molecule has 0 aromatic heterocycles. The molecule has 1 aromatic rings. The van der Waals surface area contributed by atoms with Crippen molar-refractivity contribution >= 4 is 5.78 Å². The Morgan fingerprint density at radius 2 is 2.31 bits per heavy atom. The van der Waals surface area contributed by atoms with Gasteiger partial charge in [-0.2, -0.15) is 0 Å². The molecule has 1 aromatic carbocycles. The first-order valence-electron chi connectivity index (χ1n) is 3.79. The summed E-state index contributed by atoms with van der Waals surface area (Å²) in [6, 6.07) is 4.29. The van der Waals surface area contributed by atoms with Gasteiger partial charge in [-0.3, -0.25) is 4.79 Å². The zero-order valence-corrected chi connectivity index (χ0v) is 7.28. The molecule has 0 saturated carbocycles. The number of ketones is 1. The summed E-state index contributed by atoms with van der Waals surface area (Å²) in [5.41, 5.74) is 5.59. The van der Waals surface area contributed by atoms with Gasteiger partial charge in [0.05, 0.1) is 19.2 Å². The highest BCUT2D eigenvalue weighted by Gasteiger charge is 2.10. The first kappa shape index (κ1) is 9.54. The molecule has 0 spiro atoms. The molecule has 0 atom stereocenters. The fraction of sp³-hybridized carbons (Fsp3) is 0.222. The van der Waals surface area contributed by atoms with E-state index in [-0.39, 0.29) is 18.1 Å². The highest BCUT2D eigenvalue weighted by molar-refractivity contribution is 6.00. The van der Waals surface area contributed by atoms with Crippen molar-refractivity contribution in [1.82, 2.24) is 0 Å². The predicted octanol–water partition coefficient (Wildman–Crippen LogP) is 0.542. The molecule has 0 bridgehead atoms. The van der Waals surface area contributed by atoms with Gasteiger partial charge in [0.2, 0.25) is 0 Å². The molecule has 0 amide bonds. The van der Waals surface area contributed by atoms with Crippen LogP contribution in [0.15, 0.2) is 18.2 Å². The van der Waals surface area contributed by atoms with Gasteiger partial charge in [0.1, 0.15) is 11.5 Å². The fourth-order valence-electron chi connectivity index (χ4n) is 1.02. The van der Waals surface area contributed by atoms with Crippen LogP contribution in [0, 0.1) is 0 Å². The minimum atomic E-state index is -0.211. The van der Waals surface area contributed by atoms with E-state index in [1.54, 1.807) is 0 Å². The Labute approximate surface area is 75.9 Å². The number of methoxy groups -OCH3 is 1. The maximum absolute atomic E-state index is 11.2. The quantitative estimate of drug-likeness (QED) is 0.667. The third-order valence-electron chi connectivity index (χ3n) is 1.67. The molecule has 0 radical (unpaired) electrons. The van der Waals surface area contributed by atoms with Crippen molar-refractivity contribution in [3.05, 3.63) is 23.8 Å². The van der Waals surface area contributed by atoms with E-state index >= 15 is 0 Å². The van der Waals surface area contributed by atoms with E-state index in [1.807, 2.05) is 0 Å². The van der Waals surface area contributed by atoms with Crippen LogP contribution in [0.4, 0.5) is 0 Å². The third kappa shape index (κ3) is 1.97. The lowest BCUT2D eigenvalue weighted by molar-refractivity contribution is 0.0998. The lowest BCUT2D eigenvalue weighted by Crippen LogP contribution is -2.14. The largest absolute Gasteiger partial charge is 0.508 e. The number of aromatic hydroxyl groups is 1. The Morgan fingerprint density at radius 3 is 2.85 bits per heavy atom. The molecule has 0 aliphatic heterocycles. The molecule has 4 nitrogen and oxygen atoms in total. The van der Waals surface area contributed by atoms with E-state index < -0.39 is 0 Å². The molecule has 3 N–H and O–H groups in total. The number of benzene rings is 1. The van der Waals surface area contributed by atoms with E-state index in [4.69, 9.17) is 15.6 Å². The summed E-state index contributed by atoms with van der Waals surface area (Å²) in [4.78, 5) is 11.2. The maximum atomic E-state index is 11.2. The van der Waals surface area contributed by atoms with Gasteiger partial charge in [0, 0.05) is 6.07 Å². The first-order valence-corrected chi connectivity index (χ1v) is 3.79. The lowest BCUT2D eigenvalue weighted by Gasteiger charge is -2.06. The number of hydrogen-bond donors (Lipinski definition) is 2. The molecule has 0 unspecified atom stereocenters. The molecule has 0 saturated heterocycles. The minimum Gasteiger partial charge on any atom is -0.508 e. The highest BCUT2D eigenvalue weighted by atomic mass is 16.5. The average Bonchev–Trinajstić information content (AvgIpc) is 2.16. The molecule has 70 valence electrons. The van der Waals surface area contributed by atoms with E-state index in [0.717, 1.165) is 0 Å². The topological polar surface area (TPSA) is 72.5 Å². The fourth-order valence-corrected chi connectivity index (χ4v) is 1.02. The van der Waals surface area contributed by atoms with Crippen molar-refractivity contribution in [2.24, 2.45) is 5.73 Å². The number of ether oxygens (including phenoxy) is 1. The number of hydrogen-bond acceptors (Lipinski definition) is 4. The van der Waals surface area contributed by atoms with Crippen LogP contribution in [0.5, 0.6) is 11.5 Å². The smallest absolute Gasteiger partial charge is 0.180 e. The number of phenolic OH excluding ortho intramolecular Hbond substituents is 1. The second kappa shape index (κ2) is 3.91. The number of carbonyl (C=O) groups is 1. The molecule has 1 rings (SSSR count). The zero-order chi connectivity index (χ0) is 9.84. The Kier molecular flexibility index (Phi) is 2.87. The van der Waals surface area contributed by atoms with Crippen LogP contribution in [0.2, 0.25) is 0 Å². The lowest BCUT2D eigenvalue weighted by atomic mass is 10.1. The number of Topliss-reactive ketones (excluding diaryl/α,β-unsaturated/α-hetero) is 1. The summed E-state index contributed by atoms with van der Waals surface area (Å²) in [5, 5.41) is 9.10. The summed E-state index contributed by atoms with van der Waals surface area (Å²) >= 11 is 0. The van der Waals surface area contributed by atoms with Crippen LogP contribution in [0.1, 0.15) is 10.4 Å². The van der Waals surface area contributed by atoms with Gasteiger partial charge in [-0.25, -0.2) is 0 Å².